The minimum atomic E-state index is -0.457. The van der Waals surface area contributed by atoms with Gasteiger partial charge >= 0.3 is 6.09 Å². The summed E-state index contributed by atoms with van der Waals surface area (Å²) in [7, 11) is 0. The van der Waals surface area contributed by atoms with Gasteiger partial charge in [0.05, 0.1) is 4.99 Å². The highest BCUT2D eigenvalue weighted by Gasteiger charge is 2.26. The molecule has 1 rings (SSSR count). The smallest absolute Gasteiger partial charge is 0.407 e. The summed E-state index contributed by atoms with van der Waals surface area (Å²) >= 11 is 5.00. The van der Waals surface area contributed by atoms with Crippen LogP contribution in [0.4, 0.5) is 4.79 Å². The summed E-state index contributed by atoms with van der Waals surface area (Å²) in [5.74, 6) is 0.249. The van der Waals surface area contributed by atoms with Gasteiger partial charge in [-0.2, -0.15) is 0 Å². The Morgan fingerprint density at radius 3 is 2.59 bits per heavy atom. The van der Waals surface area contributed by atoms with Crippen LogP contribution in [0, 0.1) is 5.92 Å². The van der Waals surface area contributed by atoms with Crippen molar-refractivity contribution in [1.29, 1.82) is 0 Å². The maximum absolute atomic E-state index is 11.6. The average Bonchev–Trinajstić information content (AvgIpc) is 2.14. The van der Waals surface area contributed by atoms with Gasteiger partial charge in [0, 0.05) is 12.0 Å². The van der Waals surface area contributed by atoms with Crippen LogP contribution in [0.3, 0.4) is 0 Å². The summed E-state index contributed by atoms with van der Waals surface area (Å²) in [5.41, 5.74) is 5.19. The molecule has 0 saturated heterocycles. The molecule has 1 aliphatic carbocycles. The molecular formula is C12H22N2O2S. The van der Waals surface area contributed by atoms with Gasteiger partial charge in [-0.3, -0.25) is 0 Å². The van der Waals surface area contributed by atoms with E-state index < -0.39 is 5.60 Å². The third-order valence-corrected chi connectivity index (χ3v) is 3.13. The van der Waals surface area contributed by atoms with Crippen LogP contribution in [0.15, 0.2) is 0 Å². The summed E-state index contributed by atoms with van der Waals surface area (Å²) in [6.07, 6.45) is 3.52. The lowest BCUT2D eigenvalue weighted by Gasteiger charge is -2.30. The van der Waals surface area contributed by atoms with Gasteiger partial charge in [-0.25, -0.2) is 4.79 Å². The molecule has 0 aliphatic heterocycles. The van der Waals surface area contributed by atoms with Gasteiger partial charge < -0.3 is 15.8 Å². The molecule has 4 nitrogen and oxygen atoms in total. The van der Waals surface area contributed by atoms with Gasteiger partial charge in [0.2, 0.25) is 0 Å². The van der Waals surface area contributed by atoms with Crippen LogP contribution < -0.4 is 11.1 Å². The second-order valence-corrected chi connectivity index (χ2v) is 6.08. The zero-order valence-corrected chi connectivity index (χ0v) is 11.6. The summed E-state index contributed by atoms with van der Waals surface area (Å²) in [6.45, 7) is 5.56. The fourth-order valence-corrected chi connectivity index (χ4v) is 2.27. The molecule has 5 heteroatoms. The van der Waals surface area contributed by atoms with Crippen molar-refractivity contribution in [3.63, 3.8) is 0 Å². The molecule has 1 amide bonds. The fraction of sp³-hybridized carbons (Fsp3) is 0.833. The van der Waals surface area contributed by atoms with E-state index in [2.05, 4.69) is 5.32 Å². The number of nitrogens with one attached hydrogen (secondary N) is 1. The number of alkyl carbamates (subject to hydrolysis) is 1. The number of carbonyl (C=O) groups excluding carboxylic acids is 1. The first-order chi connectivity index (χ1) is 7.78. The van der Waals surface area contributed by atoms with Crippen LogP contribution in [0.5, 0.6) is 0 Å². The quantitative estimate of drug-likeness (QED) is 0.746. The lowest BCUT2D eigenvalue weighted by atomic mass is 9.86. The Hall–Kier alpha value is -0.840. The Balaban J connectivity index is 2.41. The van der Waals surface area contributed by atoms with E-state index in [4.69, 9.17) is 22.7 Å². The van der Waals surface area contributed by atoms with E-state index in [0.717, 1.165) is 25.7 Å². The van der Waals surface area contributed by atoms with E-state index in [0.29, 0.717) is 4.99 Å². The van der Waals surface area contributed by atoms with E-state index in [-0.39, 0.29) is 18.1 Å². The van der Waals surface area contributed by atoms with Crippen molar-refractivity contribution < 1.29 is 9.53 Å². The molecule has 0 aromatic carbocycles. The van der Waals surface area contributed by atoms with Gasteiger partial charge in [0.1, 0.15) is 5.60 Å². The lowest BCUT2D eigenvalue weighted by molar-refractivity contribution is 0.0489. The minimum absolute atomic E-state index is 0.130. The van der Waals surface area contributed by atoms with Crippen molar-refractivity contribution >= 4 is 23.3 Å². The maximum atomic E-state index is 11.6. The van der Waals surface area contributed by atoms with E-state index >= 15 is 0 Å². The molecule has 0 aromatic heterocycles. The second kappa shape index (κ2) is 5.67. The third-order valence-electron chi connectivity index (χ3n) is 2.80. The normalized spacial score (nSPS) is 25.1. The highest BCUT2D eigenvalue weighted by molar-refractivity contribution is 7.80. The first-order valence-electron chi connectivity index (χ1n) is 6.07. The molecule has 17 heavy (non-hydrogen) atoms. The van der Waals surface area contributed by atoms with E-state index in [1.54, 1.807) is 0 Å². The van der Waals surface area contributed by atoms with Gasteiger partial charge in [0.15, 0.2) is 0 Å². The van der Waals surface area contributed by atoms with Crippen molar-refractivity contribution in [3.05, 3.63) is 0 Å². The fourth-order valence-electron chi connectivity index (χ4n) is 2.05. The third kappa shape index (κ3) is 5.35. The number of carbonyl (C=O) groups is 1. The molecule has 0 radical (unpaired) electrons. The molecular weight excluding hydrogens is 236 g/mol. The van der Waals surface area contributed by atoms with Crippen LogP contribution in [0.25, 0.3) is 0 Å². The van der Waals surface area contributed by atoms with Gasteiger partial charge in [0.25, 0.3) is 0 Å². The highest BCUT2D eigenvalue weighted by Crippen LogP contribution is 2.24. The van der Waals surface area contributed by atoms with E-state index in [1.165, 1.54) is 0 Å². The molecule has 1 saturated carbocycles. The largest absolute Gasteiger partial charge is 0.444 e. The monoisotopic (exact) mass is 258 g/mol. The molecule has 2 unspecified atom stereocenters. The summed E-state index contributed by atoms with van der Waals surface area (Å²) in [5, 5.41) is 2.88. The number of hydrogen-bond donors (Lipinski definition) is 2. The molecule has 2 atom stereocenters. The van der Waals surface area contributed by atoms with Crippen molar-refractivity contribution in [3.8, 4) is 0 Å². The molecule has 3 N–H and O–H groups in total. The predicted molar refractivity (Wildman–Crippen MR) is 71.9 cm³/mol. The number of thiocarbonyl (C=S) groups is 1. The molecule has 1 fully saturated rings. The van der Waals surface area contributed by atoms with Crippen LogP contribution in [-0.4, -0.2) is 22.7 Å². The number of hydrogen-bond acceptors (Lipinski definition) is 3. The van der Waals surface area contributed by atoms with Crippen LogP contribution in [0.2, 0.25) is 0 Å². The molecule has 0 aromatic rings. The van der Waals surface area contributed by atoms with Crippen LogP contribution in [0.1, 0.15) is 46.5 Å². The van der Waals surface area contributed by atoms with Gasteiger partial charge in [-0.15, -0.1) is 0 Å². The molecule has 0 heterocycles. The van der Waals surface area contributed by atoms with Crippen molar-refractivity contribution in [2.45, 2.75) is 58.1 Å². The van der Waals surface area contributed by atoms with Gasteiger partial charge in [-0.05, 0) is 40.0 Å². The van der Waals surface area contributed by atoms with E-state index in [9.17, 15) is 4.79 Å². The average molecular weight is 258 g/mol. The molecule has 98 valence electrons. The van der Waals surface area contributed by atoms with Crippen molar-refractivity contribution in [2.75, 3.05) is 0 Å². The molecule has 0 bridgehead atoms. The number of ether oxygens (including phenoxy) is 1. The summed E-state index contributed by atoms with van der Waals surface area (Å²) < 4.78 is 5.22. The molecule has 1 aliphatic rings. The SMILES string of the molecule is CC(C)(C)OC(=O)NC1CCCC(C(N)=S)C1. The Labute approximate surface area is 108 Å². The minimum Gasteiger partial charge on any atom is -0.444 e. The Morgan fingerprint density at radius 2 is 2.06 bits per heavy atom. The van der Waals surface area contributed by atoms with E-state index in [1.807, 2.05) is 20.8 Å². The number of rotatable bonds is 2. The van der Waals surface area contributed by atoms with Crippen LogP contribution in [-0.2, 0) is 4.74 Å². The predicted octanol–water partition coefficient (Wildman–Crippen LogP) is 2.36. The maximum Gasteiger partial charge on any atom is 0.407 e. The van der Waals surface area contributed by atoms with Gasteiger partial charge in [-0.1, -0.05) is 18.6 Å². The first kappa shape index (κ1) is 14.2. The number of amides is 1. The van der Waals surface area contributed by atoms with Crippen LogP contribution >= 0.6 is 12.2 Å². The Bertz CT molecular complexity index is 299. The van der Waals surface area contributed by atoms with Crippen molar-refractivity contribution in [2.24, 2.45) is 11.7 Å². The number of nitrogens with two attached hydrogens (primary N) is 1. The first-order valence-corrected chi connectivity index (χ1v) is 6.47. The summed E-state index contributed by atoms with van der Waals surface area (Å²) in [6, 6.07) is 0.130. The molecule has 0 spiro atoms. The van der Waals surface area contributed by atoms with Crippen molar-refractivity contribution in [1.82, 2.24) is 5.32 Å². The second-order valence-electron chi connectivity index (χ2n) is 5.61. The Morgan fingerprint density at radius 1 is 1.41 bits per heavy atom. The zero-order chi connectivity index (χ0) is 13.1. The summed E-state index contributed by atoms with van der Waals surface area (Å²) in [4.78, 5) is 12.2. The zero-order valence-electron chi connectivity index (χ0n) is 10.8. The highest BCUT2D eigenvalue weighted by atomic mass is 32.1. The Kier molecular flexibility index (Phi) is 4.74. The standard InChI is InChI=1S/C12H22N2O2S/c1-12(2,3)16-11(15)14-9-6-4-5-8(7-9)10(13)17/h8-9H,4-7H2,1-3H3,(H2,13,17)(H,14,15). The topological polar surface area (TPSA) is 64.3 Å². The lowest BCUT2D eigenvalue weighted by Crippen LogP contribution is -2.43.